The summed E-state index contributed by atoms with van der Waals surface area (Å²) in [6.07, 6.45) is -0.994. The number of nitrogens with two attached hydrogens (primary N) is 3. The van der Waals surface area contributed by atoms with E-state index >= 15 is 0 Å². The summed E-state index contributed by atoms with van der Waals surface area (Å²) in [5.74, 6) is -12.0. The number of unbranched alkanes of at least 4 members (excludes halogenated alkanes) is 1. The van der Waals surface area contributed by atoms with Crippen molar-refractivity contribution in [1.29, 1.82) is 0 Å². The normalized spacial score (nSPS) is 16.9. The molecule has 27 heteroatoms. The van der Waals surface area contributed by atoms with Gasteiger partial charge in [0.05, 0.1) is 24.9 Å². The molecule has 1 saturated heterocycles. The molecular formula is C41H66N12O15. The van der Waals surface area contributed by atoms with Gasteiger partial charge in [-0.1, -0.05) is 13.8 Å². The number of aliphatic hydroxyl groups excluding tert-OH is 1. The van der Waals surface area contributed by atoms with Gasteiger partial charge in [-0.2, -0.15) is 0 Å². The highest BCUT2D eigenvalue weighted by atomic mass is 16.4. The molecule has 0 bridgehead atoms. The first kappa shape index (κ1) is 57.4. The van der Waals surface area contributed by atoms with Crippen LogP contribution in [0, 0.1) is 5.92 Å². The molecular weight excluding hydrogens is 901 g/mol. The van der Waals surface area contributed by atoms with E-state index in [9.17, 15) is 73.2 Å². The van der Waals surface area contributed by atoms with Gasteiger partial charge in [0.1, 0.15) is 42.3 Å². The second-order valence-corrected chi connectivity index (χ2v) is 16.9. The summed E-state index contributed by atoms with van der Waals surface area (Å²) in [5.41, 5.74) is 16.8. The van der Waals surface area contributed by atoms with Crippen LogP contribution in [-0.2, 0) is 59.2 Å². The molecule has 0 spiro atoms. The fourth-order valence-electron chi connectivity index (χ4n) is 7.15. The molecule has 9 atom stereocenters. The second-order valence-electron chi connectivity index (χ2n) is 16.9. The van der Waals surface area contributed by atoms with Crippen LogP contribution in [0.3, 0.4) is 0 Å². The van der Waals surface area contributed by atoms with E-state index in [0.717, 1.165) is 4.90 Å². The standard InChI is InChI=1S/C41H66N12O15/c1-20(2)15-27(51-37(63)28(16-22-18-45-19-46-22)50-34(60)23(43)17-30(44)55)38(64)52-33(21(3)54)40(66)53-14-6-8-29(53)39(65)48-25(10-12-32(58)59)35(61)47-24(9-11-31(56)57)36(62)49-26(41(67)68)7-4-5-13-42/h18-21,23-29,33,54H,4-17,42-43H2,1-3H3,(H2,44,55)(H,45,46)(H,47,61)(H,48,65)(H,49,62)(H,50,60)(H,51,63)(H,52,64)(H,56,57)(H,58,59)(H,67,68)/t21-,23+,24+,25+,26+,27+,28+,29+,33+/m1/s1. The molecule has 8 amide bonds. The average molecular weight is 967 g/mol. The number of nitrogens with one attached hydrogen (secondary N) is 7. The number of aromatic nitrogens is 2. The van der Waals surface area contributed by atoms with Crippen LogP contribution in [0.15, 0.2) is 12.5 Å². The summed E-state index contributed by atoms with van der Waals surface area (Å²) in [4.78, 5) is 149. The highest BCUT2D eigenvalue weighted by molar-refractivity contribution is 5.98. The number of carbonyl (C=O) groups is 11. The first-order chi connectivity index (χ1) is 31.9. The van der Waals surface area contributed by atoms with Crippen molar-refractivity contribution < 1.29 is 73.2 Å². The van der Waals surface area contributed by atoms with E-state index < -0.39 is 152 Å². The lowest BCUT2D eigenvalue weighted by atomic mass is 10.0. The third kappa shape index (κ3) is 19.6. The summed E-state index contributed by atoms with van der Waals surface area (Å²) in [5, 5.41) is 53.6. The highest BCUT2D eigenvalue weighted by Gasteiger charge is 2.42. The number of carboxylic acid groups (broad SMARTS) is 3. The number of H-pyrrole nitrogens is 1. The third-order valence-electron chi connectivity index (χ3n) is 10.7. The first-order valence-electron chi connectivity index (χ1n) is 22.1. The fraction of sp³-hybridized carbons (Fsp3) is 0.659. The van der Waals surface area contributed by atoms with Gasteiger partial charge in [0.2, 0.25) is 47.3 Å². The predicted molar refractivity (Wildman–Crippen MR) is 236 cm³/mol. The van der Waals surface area contributed by atoms with Gasteiger partial charge in [0.15, 0.2) is 0 Å². The number of primary amides is 1. The number of carboxylic acids is 3. The summed E-state index contributed by atoms with van der Waals surface area (Å²) < 4.78 is 0. The van der Waals surface area contributed by atoms with Gasteiger partial charge in [0.25, 0.3) is 0 Å². The molecule has 17 N–H and O–H groups in total. The van der Waals surface area contributed by atoms with E-state index in [4.69, 9.17) is 17.2 Å². The SMILES string of the molecule is CC(C)C[C@H](NC(=O)[C@H](Cc1cnc[nH]1)NC(=O)[C@@H](N)CC(N)=O)C(=O)N[C@H](C(=O)N1CCC[C@H]1C(=O)N[C@@H](CCC(=O)O)C(=O)N[C@@H](CCC(=O)O)C(=O)N[C@@H](CCCCN)C(=O)O)[C@@H](C)O. The van der Waals surface area contributed by atoms with Crippen molar-refractivity contribution >= 4 is 65.2 Å². The van der Waals surface area contributed by atoms with Crippen LogP contribution in [0.4, 0.5) is 0 Å². The number of nitrogens with zero attached hydrogens (tertiary/aromatic N) is 2. The molecule has 0 radical (unpaired) electrons. The minimum Gasteiger partial charge on any atom is -0.481 e. The number of aliphatic carboxylic acids is 3. The lowest BCUT2D eigenvalue weighted by molar-refractivity contribution is -0.145. The zero-order chi connectivity index (χ0) is 51.2. The van der Waals surface area contributed by atoms with Crippen molar-refractivity contribution in [2.45, 2.75) is 152 Å². The number of amides is 8. The molecule has 1 aromatic heterocycles. The maximum absolute atomic E-state index is 14.1. The van der Waals surface area contributed by atoms with Crippen LogP contribution in [0.5, 0.6) is 0 Å². The Morgan fingerprint density at radius 1 is 0.750 bits per heavy atom. The smallest absolute Gasteiger partial charge is 0.326 e. The van der Waals surface area contributed by atoms with Crippen LogP contribution in [-0.4, -0.2) is 168 Å². The molecule has 0 aromatic carbocycles. The minimum atomic E-state index is -1.71. The monoisotopic (exact) mass is 966 g/mol. The molecule has 1 aromatic rings. The topological polar surface area (TPSA) is 451 Å². The van der Waals surface area contributed by atoms with Crippen molar-refractivity contribution in [3.05, 3.63) is 18.2 Å². The van der Waals surface area contributed by atoms with Crippen LogP contribution < -0.4 is 49.1 Å². The van der Waals surface area contributed by atoms with Crippen molar-refractivity contribution in [2.75, 3.05) is 13.1 Å². The lowest BCUT2D eigenvalue weighted by Crippen LogP contribution is -2.62. The zero-order valence-electron chi connectivity index (χ0n) is 38.2. The quantitative estimate of drug-likeness (QED) is 0.0312. The van der Waals surface area contributed by atoms with Gasteiger partial charge < -0.3 is 79.4 Å². The van der Waals surface area contributed by atoms with E-state index in [1.54, 1.807) is 13.8 Å². The molecule has 2 heterocycles. The summed E-state index contributed by atoms with van der Waals surface area (Å²) in [7, 11) is 0. The maximum Gasteiger partial charge on any atom is 0.326 e. The number of imidazole rings is 1. The van der Waals surface area contributed by atoms with E-state index in [0.29, 0.717) is 18.5 Å². The van der Waals surface area contributed by atoms with Gasteiger partial charge in [-0.3, -0.25) is 47.9 Å². The van der Waals surface area contributed by atoms with Crippen molar-refractivity contribution in [2.24, 2.45) is 23.1 Å². The molecule has 1 aliphatic heterocycles. The van der Waals surface area contributed by atoms with Gasteiger partial charge in [-0.15, -0.1) is 0 Å². The van der Waals surface area contributed by atoms with E-state index in [2.05, 4.69) is 41.9 Å². The third-order valence-corrected chi connectivity index (χ3v) is 10.7. The molecule has 0 saturated carbocycles. The first-order valence-corrected chi connectivity index (χ1v) is 22.1. The Hall–Kier alpha value is -6.74. The Bertz CT molecular complexity index is 1930. The Kier molecular flexibility index (Phi) is 24.0. The molecule has 27 nitrogen and oxygen atoms in total. The van der Waals surface area contributed by atoms with Crippen molar-refractivity contribution in [3.63, 3.8) is 0 Å². The molecule has 68 heavy (non-hydrogen) atoms. The van der Waals surface area contributed by atoms with Crippen LogP contribution in [0.25, 0.3) is 0 Å². The zero-order valence-corrected chi connectivity index (χ0v) is 38.2. The van der Waals surface area contributed by atoms with Gasteiger partial charge >= 0.3 is 17.9 Å². The highest BCUT2D eigenvalue weighted by Crippen LogP contribution is 2.21. The van der Waals surface area contributed by atoms with E-state index in [-0.39, 0.29) is 51.1 Å². The summed E-state index contributed by atoms with van der Waals surface area (Å²) in [6.45, 7) is 4.84. The number of aliphatic hydroxyl groups is 1. The van der Waals surface area contributed by atoms with Gasteiger partial charge in [-0.25, -0.2) is 9.78 Å². The lowest BCUT2D eigenvalue weighted by Gasteiger charge is -2.32. The molecule has 380 valence electrons. The molecule has 1 aliphatic rings. The van der Waals surface area contributed by atoms with Crippen molar-refractivity contribution in [1.82, 2.24) is 46.8 Å². The van der Waals surface area contributed by atoms with E-state index in [1.807, 2.05) is 0 Å². The summed E-state index contributed by atoms with van der Waals surface area (Å²) >= 11 is 0. The second kappa shape index (κ2) is 28.4. The van der Waals surface area contributed by atoms with E-state index in [1.165, 1.54) is 19.4 Å². The van der Waals surface area contributed by atoms with Crippen molar-refractivity contribution in [3.8, 4) is 0 Å². The Labute approximate surface area is 391 Å². The number of rotatable bonds is 31. The molecule has 1 fully saturated rings. The molecule has 2 rings (SSSR count). The van der Waals surface area contributed by atoms with Gasteiger partial charge in [-0.05, 0) is 70.8 Å². The Balaban J connectivity index is 2.33. The Morgan fingerprint density at radius 2 is 1.29 bits per heavy atom. The number of likely N-dealkylation sites (tertiary alicyclic amines) is 1. The van der Waals surface area contributed by atoms with Crippen LogP contribution in [0.2, 0.25) is 0 Å². The molecule has 0 unspecified atom stereocenters. The predicted octanol–water partition coefficient (Wildman–Crippen LogP) is -4.58. The molecule has 0 aliphatic carbocycles. The number of hydrogen-bond acceptors (Lipinski definition) is 15. The van der Waals surface area contributed by atoms with Crippen LogP contribution >= 0.6 is 0 Å². The van der Waals surface area contributed by atoms with Crippen LogP contribution in [0.1, 0.15) is 97.1 Å². The maximum atomic E-state index is 14.1. The average Bonchev–Trinajstić information content (AvgIpc) is 3.97. The largest absolute Gasteiger partial charge is 0.481 e. The fourth-order valence-corrected chi connectivity index (χ4v) is 7.15. The number of aromatic amines is 1. The number of hydrogen-bond donors (Lipinski definition) is 14. The summed E-state index contributed by atoms with van der Waals surface area (Å²) in [6, 6.07) is -11.9. The number of carbonyl (C=O) groups excluding carboxylic acids is 8. The van der Waals surface area contributed by atoms with Gasteiger partial charge in [0, 0.05) is 37.7 Å². The minimum absolute atomic E-state index is 0.00744. The Morgan fingerprint density at radius 3 is 1.81 bits per heavy atom.